The third-order valence-electron chi connectivity index (χ3n) is 5.84. The van der Waals surface area contributed by atoms with E-state index in [1.807, 2.05) is 6.07 Å². The van der Waals surface area contributed by atoms with Gasteiger partial charge in [-0.1, -0.05) is 18.2 Å². The number of nitrogens with one attached hydrogen (secondary N) is 1. The van der Waals surface area contributed by atoms with Crippen LogP contribution in [0.5, 0.6) is 0 Å². The molecule has 0 bridgehead atoms. The molecule has 0 aliphatic carbocycles. The van der Waals surface area contributed by atoms with E-state index in [9.17, 15) is 13.2 Å². The van der Waals surface area contributed by atoms with E-state index in [1.165, 1.54) is 15.2 Å². The molecule has 2 aliphatic heterocycles. The normalized spacial score (nSPS) is 19.5. The number of benzene rings is 1. The average molecular weight is 464 g/mol. The molecule has 4 rings (SSSR count). The van der Waals surface area contributed by atoms with E-state index >= 15 is 0 Å². The number of morpholine rings is 1. The molecule has 7 nitrogen and oxygen atoms in total. The highest BCUT2D eigenvalue weighted by atomic mass is 32.2. The molecule has 0 saturated carbocycles. The molecule has 0 amide bonds. The molecule has 1 aromatic carbocycles. The molecule has 2 saturated heterocycles. The third-order valence-corrected chi connectivity index (χ3v) is 8.71. The summed E-state index contributed by atoms with van der Waals surface area (Å²) in [5.41, 5.74) is 0.423. The maximum absolute atomic E-state index is 12.8. The van der Waals surface area contributed by atoms with Crippen LogP contribution in [0.2, 0.25) is 0 Å². The Balaban J connectivity index is 1.39. The Labute approximate surface area is 188 Å². The standard InChI is InChI=1S/C22H29N3O4S2/c26-21(18-5-3-6-19(15-18)31(27,28)25-8-1-2-9-25)17-23-16-20(22-7-4-14-30-22)24-10-12-29-13-11-24/h3-7,14-15,20,23H,1-2,8-13,16-17H2. The fraction of sp³-hybridized carbons (Fsp3) is 0.500. The van der Waals surface area contributed by atoms with Gasteiger partial charge in [0, 0.05) is 43.2 Å². The first-order chi connectivity index (χ1) is 15.1. The van der Waals surface area contributed by atoms with Crippen molar-refractivity contribution in [1.29, 1.82) is 0 Å². The quantitative estimate of drug-likeness (QED) is 0.576. The van der Waals surface area contributed by atoms with E-state index in [-0.39, 0.29) is 23.3 Å². The first kappa shape index (κ1) is 22.6. The van der Waals surface area contributed by atoms with Crippen LogP contribution in [0.4, 0.5) is 0 Å². The maximum Gasteiger partial charge on any atom is 0.243 e. The van der Waals surface area contributed by atoms with Crippen LogP contribution < -0.4 is 5.32 Å². The number of hydrogen-bond acceptors (Lipinski definition) is 7. The molecule has 31 heavy (non-hydrogen) atoms. The van der Waals surface area contributed by atoms with Crippen LogP contribution in [0.3, 0.4) is 0 Å². The number of sulfonamides is 1. The van der Waals surface area contributed by atoms with Gasteiger partial charge in [-0.3, -0.25) is 9.69 Å². The second-order valence-electron chi connectivity index (χ2n) is 7.87. The van der Waals surface area contributed by atoms with Crippen molar-refractivity contribution < 1.29 is 17.9 Å². The number of carbonyl (C=O) groups is 1. The van der Waals surface area contributed by atoms with Crippen molar-refractivity contribution in [3.05, 3.63) is 52.2 Å². The van der Waals surface area contributed by atoms with Crippen LogP contribution in [-0.2, 0) is 14.8 Å². The fourth-order valence-corrected chi connectivity index (χ4v) is 6.54. The van der Waals surface area contributed by atoms with Crippen LogP contribution in [0.15, 0.2) is 46.7 Å². The van der Waals surface area contributed by atoms with E-state index in [2.05, 4.69) is 21.7 Å². The summed E-state index contributed by atoms with van der Waals surface area (Å²) in [7, 11) is -3.53. The SMILES string of the molecule is O=C(CNCC(c1cccs1)N1CCOCC1)c1cccc(S(=O)(=O)N2CCCC2)c1. The largest absolute Gasteiger partial charge is 0.379 e. The summed E-state index contributed by atoms with van der Waals surface area (Å²) in [6, 6.07) is 10.8. The molecule has 2 fully saturated rings. The van der Waals surface area contributed by atoms with Crippen molar-refractivity contribution in [2.45, 2.75) is 23.8 Å². The lowest BCUT2D eigenvalue weighted by atomic mass is 10.1. The fourth-order valence-electron chi connectivity index (χ4n) is 4.11. The molecule has 1 unspecified atom stereocenters. The molecule has 2 aliphatic rings. The predicted octanol–water partition coefficient (Wildman–Crippen LogP) is 2.38. The van der Waals surface area contributed by atoms with Gasteiger partial charge < -0.3 is 10.1 Å². The lowest BCUT2D eigenvalue weighted by molar-refractivity contribution is 0.0169. The van der Waals surface area contributed by atoms with Gasteiger partial charge in [0.1, 0.15) is 0 Å². The monoisotopic (exact) mass is 463 g/mol. The zero-order valence-corrected chi connectivity index (χ0v) is 19.2. The molecule has 9 heteroatoms. The van der Waals surface area contributed by atoms with E-state index in [4.69, 9.17) is 4.74 Å². The van der Waals surface area contributed by atoms with E-state index < -0.39 is 10.0 Å². The van der Waals surface area contributed by atoms with Gasteiger partial charge in [0.2, 0.25) is 10.0 Å². The minimum atomic E-state index is -3.53. The van der Waals surface area contributed by atoms with Crippen molar-refractivity contribution >= 4 is 27.1 Å². The van der Waals surface area contributed by atoms with Crippen LogP contribution in [0.1, 0.15) is 34.1 Å². The predicted molar refractivity (Wildman–Crippen MR) is 121 cm³/mol. The summed E-state index contributed by atoms with van der Waals surface area (Å²) >= 11 is 1.72. The van der Waals surface area contributed by atoms with E-state index in [0.29, 0.717) is 25.2 Å². The number of hydrogen-bond donors (Lipinski definition) is 1. The Bertz CT molecular complexity index is 966. The lowest BCUT2D eigenvalue weighted by Crippen LogP contribution is -2.43. The molecular formula is C22H29N3O4S2. The molecule has 1 aromatic heterocycles. The van der Waals surface area contributed by atoms with Gasteiger partial charge in [-0.2, -0.15) is 4.31 Å². The molecule has 0 radical (unpaired) electrons. The number of Topliss-reactive ketones (excluding diaryl/α,β-unsaturated/α-hetero) is 1. The Morgan fingerprint density at radius 2 is 1.87 bits per heavy atom. The van der Waals surface area contributed by atoms with Gasteiger partial charge in [0.15, 0.2) is 5.78 Å². The smallest absolute Gasteiger partial charge is 0.243 e. The molecule has 1 atom stereocenters. The van der Waals surface area contributed by atoms with Crippen LogP contribution >= 0.6 is 11.3 Å². The maximum atomic E-state index is 12.8. The summed E-state index contributed by atoms with van der Waals surface area (Å²) in [5.74, 6) is -0.106. The van der Waals surface area contributed by atoms with Crippen molar-refractivity contribution in [2.75, 3.05) is 52.5 Å². The van der Waals surface area contributed by atoms with Gasteiger partial charge >= 0.3 is 0 Å². The minimum absolute atomic E-state index is 0.106. The summed E-state index contributed by atoms with van der Waals surface area (Å²) in [6.45, 7) is 5.10. The zero-order chi connectivity index (χ0) is 21.7. The number of ether oxygens (including phenoxy) is 1. The number of ketones is 1. The van der Waals surface area contributed by atoms with Gasteiger partial charge in [-0.05, 0) is 36.4 Å². The van der Waals surface area contributed by atoms with Crippen molar-refractivity contribution in [2.24, 2.45) is 0 Å². The minimum Gasteiger partial charge on any atom is -0.379 e. The summed E-state index contributed by atoms with van der Waals surface area (Å²) in [5, 5.41) is 5.37. The molecule has 1 N–H and O–H groups in total. The molecule has 2 aromatic rings. The highest BCUT2D eigenvalue weighted by Gasteiger charge is 2.28. The number of thiophene rings is 1. The van der Waals surface area contributed by atoms with Crippen LogP contribution in [0, 0.1) is 0 Å². The molecular weight excluding hydrogens is 434 g/mol. The molecule has 3 heterocycles. The Kier molecular flexibility index (Phi) is 7.52. The van der Waals surface area contributed by atoms with Crippen molar-refractivity contribution in [1.82, 2.24) is 14.5 Å². The summed E-state index contributed by atoms with van der Waals surface area (Å²) in [4.78, 5) is 16.6. The van der Waals surface area contributed by atoms with Gasteiger partial charge in [0.25, 0.3) is 0 Å². The van der Waals surface area contributed by atoms with Crippen LogP contribution in [-0.4, -0.2) is 75.9 Å². The van der Waals surface area contributed by atoms with Gasteiger partial charge in [-0.25, -0.2) is 8.42 Å². The number of carbonyl (C=O) groups excluding carboxylic acids is 1. The molecule has 168 valence electrons. The van der Waals surface area contributed by atoms with Gasteiger partial charge in [-0.15, -0.1) is 11.3 Å². The van der Waals surface area contributed by atoms with Crippen molar-refractivity contribution in [3.63, 3.8) is 0 Å². The first-order valence-electron chi connectivity index (χ1n) is 10.7. The second kappa shape index (κ2) is 10.3. The zero-order valence-electron chi connectivity index (χ0n) is 17.5. The highest BCUT2D eigenvalue weighted by molar-refractivity contribution is 7.89. The number of nitrogens with zero attached hydrogens (tertiary/aromatic N) is 2. The number of rotatable bonds is 9. The first-order valence-corrected chi connectivity index (χ1v) is 13.1. The average Bonchev–Trinajstić information content (AvgIpc) is 3.52. The molecule has 0 spiro atoms. The lowest BCUT2D eigenvalue weighted by Gasteiger charge is -2.34. The Morgan fingerprint density at radius 3 is 2.58 bits per heavy atom. The Hall–Kier alpha value is -1.62. The third kappa shape index (κ3) is 5.42. The van der Waals surface area contributed by atoms with Gasteiger partial charge in [0.05, 0.1) is 30.7 Å². The van der Waals surface area contributed by atoms with Crippen LogP contribution in [0.25, 0.3) is 0 Å². The Morgan fingerprint density at radius 1 is 1.10 bits per heavy atom. The summed E-state index contributed by atoms with van der Waals surface area (Å²) < 4.78 is 32.6. The topological polar surface area (TPSA) is 79.0 Å². The van der Waals surface area contributed by atoms with E-state index in [1.54, 1.807) is 29.5 Å². The summed E-state index contributed by atoms with van der Waals surface area (Å²) in [6.07, 6.45) is 1.77. The second-order valence-corrected chi connectivity index (χ2v) is 10.8. The van der Waals surface area contributed by atoms with E-state index in [0.717, 1.165) is 39.1 Å². The highest BCUT2D eigenvalue weighted by Crippen LogP contribution is 2.25. The van der Waals surface area contributed by atoms with Crippen molar-refractivity contribution in [3.8, 4) is 0 Å².